The predicted molar refractivity (Wildman–Crippen MR) is 127 cm³/mol. The van der Waals surface area contributed by atoms with E-state index in [1.807, 2.05) is 47.9 Å². The number of nitrogens with zero attached hydrogens (tertiary/aromatic N) is 3. The average Bonchev–Trinajstić information content (AvgIpc) is 3.44. The second-order valence-electron chi connectivity index (χ2n) is 7.86. The van der Waals surface area contributed by atoms with Crippen LogP contribution in [0.4, 0.5) is 16.3 Å². The lowest BCUT2D eigenvalue weighted by atomic mass is 10.2. The van der Waals surface area contributed by atoms with Crippen LogP contribution >= 0.6 is 0 Å². The van der Waals surface area contributed by atoms with E-state index < -0.39 is 0 Å². The first-order chi connectivity index (χ1) is 16.0. The van der Waals surface area contributed by atoms with Gasteiger partial charge in [-0.2, -0.15) is 0 Å². The van der Waals surface area contributed by atoms with E-state index in [2.05, 4.69) is 15.6 Å². The Morgan fingerprint density at radius 3 is 2.73 bits per heavy atom. The average molecular weight is 452 g/mol. The molecule has 1 aliphatic heterocycles. The molecule has 4 rings (SSSR count). The van der Waals surface area contributed by atoms with Crippen molar-refractivity contribution in [1.29, 1.82) is 0 Å². The zero-order valence-electron chi connectivity index (χ0n) is 19.1. The number of ether oxygens (including phenoxy) is 2. The SMILES string of the molecule is CCOC(=O)N1CCC(Nc2ccc(NC(=O)c3cc4cc(OC)ccc4n3CC)cn2)C1. The van der Waals surface area contributed by atoms with E-state index in [-0.39, 0.29) is 18.0 Å². The maximum absolute atomic E-state index is 13.0. The number of pyridine rings is 1. The zero-order valence-corrected chi connectivity index (χ0v) is 19.1. The lowest BCUT2D eigenvalue weighted by Crippen LogP contribution is -2.32. The van der Waals surface area contributed by atoms with Gasteiger partial charge in [0, 0.05) is 36.6 Å². The summed E-state index contributed by atoms with van der Waals surface area (Å²) in [5.74, 6) is 1.25. The summed E-state index contributed by atoms with van der Waals surface area (Å²) in [5, 5.41) is 7.22. The second-order valence-corrected chi connectivity index (χ2v) is 7.86. The van der Waals surface area contributed by atoms with E-state index in [1.165, 1.54) is 0 Å². The van der Waals surface area contributed by atoms with Gasteiger partial charge < -0.3 is 29.6 Å². The summed E-state index contributed by atoms with van der Waals surface area (Å²) in [6.45, 7) is 6.08. The molecule has 1 aromatic carbocycles. The standard InChI is InChI=1S/C24H29N5O4/c1-4-29-20-8-7-19(32-3)12-16(20)13-21(29)23(30)27-17-6-9-22(25-14-17)26-18-10-11-28(15-18)24(31)33-5-2/h6-9,12-14,18H,4-5,10-11,15H2,1-3H3,(H,25,26)(H,27,30). The summed E-state index contributed by atoms with van der Waals surface area (Å²) in [4.78, 5) is 30.9. The summed E-state index contributed by atoms with van der Waals surface area (Å²) in [6, 6.07) is 11.4. The Hall–Kier alpha value is -3.75. The van der Waals surface area contributed by atoms with Crippen molar-refractivity contribution in [3.8, 4) is 5.75 Å². The van der Waals surface area contributed by atoms with Crippen molar-refractivity contribution in [3.05, 3.63) is 48.3 Å². The van der Waals surface area contributed by atoms with E-state index in [1.54, 1.807) is 25.1 Å². The number of aromatic nitrogens is 2. The molecule has 0 aliphatic carbocycles. The van der Waals surface area contributed by atoms with Crippen LogP contribution in [-0.2, 0) is 11.3 Å². The van der Waals surface area contributed by atoms with Gasteiger partial charge in [-0.25, -0.2) is 9.78 Å². The number of hydrogen-bond donors (Lipinski definition) is 2. The zero-order chi connectivity index (χ0) is 23.4. The lowest BCUT2D eigenvalue weighted by Gasteiger charge is -2.16. The molecule has 1 unspecified atom stereocenters. The quantitative estimate of drug-likeness (QED) is 0.564. The number of aryl methyl sites for hydroxylation is 1. The molecule has 9 heteroatoms. The fourth-order valence-electron chi connectivity index (χ4n) is 4.12. The van der Waals surface area contributed by atoms with Crippen LogP contribution in [0.2, 0.25) is 0 Å². The molecular formula is C24H29N5O4. The highest BCUT2D eigenvalue weighted by atomic mass is 16.6. The minimum Gasteiger partial charge on any atom is -0.497 e. The molecule has 0 bridgehead atoms. The van der Waals surface area contributed by atoms with Gasteiger partial charge in [0.05, 0.1) is 25.6 Å². The van der Waals surface area contributed by atoms with Crippen molar-refractivity contribution in [2.45, 2.75) is 32.9 Å². The van der Waals surface area contributed by atoms with E-state index >= 15 is 0 Å². The predicted octanol–water partition coefficient (Wildman–Crippen LogP) is 3.96. The van der Waals surface area contributed by atoms with Gasteiger partial charge >= 0.3 is 6.09 Å². The largest absolute Gasteiger partial charge is 0.497 e. The van der Waals surface area contributed by atoms with E-state index in [9.17, 15) is 9.59 Å². The number of likely N-dealkylation sites (tertiary alicyclic amines) is 1. The Balaban J connectivity index is 1.40. The van der Waals surface area contributed by atoms with E-state index in [0.29, 0.717) is 43.4 Å². The number of amides is 2. The van der Waals surface area contributed by atoms with Gasteiger partial charge in [-0.3, -0.25) is 4.79 Å². The number of carbonyl (C=O) groups is 2. The maximum Gasteiger partial charge on any atom is 0.409 e. The Morgan fingerprint density at radius 1 is 1.18 bits per heavy atom. The highest BCUT2D eigenvalue weighted by molar-refractivity contribution is 6.06. The van der Waals surface area contributed by atoms with Gasteiger partial charge in [0.1, 0.15) is 17.3 Å². The number of hydrogen-bond acceptors (Lipinski definition) is 6. The highest BCUT2D eigenvalue weighted by Crippen LogP contribution is 2.25. The van der Waals surface area contributed by atoms with Crippen LogP contribution in [0, 0.1) is 0 Å². The third kappa shape index (κ3) is 4.87. The van der Waals surface area contributed by atoms with Gasteiger partial charge in [0.25, 0.3) is 5.91 Å². The van der Waals surface area contributed by atoms with Crippen LogP contribution in [0.25, 0.3) is 10.9 Å². The third-order valence-corrected chi connectivity index (χ3v) is 5.74. The lowest BCUT2D eigenvalue weighted by molar-refractivity contribution is 0.101. The van der Waals surface area contributed by atoms with Gasteiger partial charge in [-0.05, 0) is 56.7 Å². The molecule has 0 spiro atoms. The van der Waals surface area contributed by atoms with Crippen molar-refractivity contribution >= 4 is 34.4 Å². The summed E-state index contributed by atoms with van der Waals surface area (Å²) < 4.78 is 12.3. The molecule has 1 aliphatic rings. The second kappa shape index (κ2) is 9.81. The minimum absolute atomic E-state index is 0.111. The molecule has 0 radical (unpaired) electrons. The van der Waals surface area contributed by atoms with Crippen molar-refractivity contribution < 1.29 is 19.1 Å². The van der Waals surface area contributed by atoms with Crippen molar-refractivity contribution in [1.82, 2.24) is 14.5 Å². The van der Waals surface area contributed by atoms with Crippen LogP contribution in [0.5, 0.6) is 5.75 Å². The third-order valence-electron chi connectivity index (χ3n) is 5.74. The maximum atomic E-state index is 13.0. The number of methoxy groups -OCH3 is 1. The molecule has 2 amide bonds. The topological polar surface area (TPSA) is 97.7 Å². The first-order valence-electron chi connectivity index (χ1n) is 11.1. The first-order valence-corrected chi connectivity index (χ1v) is 11.1. The highest BCUT2D eigenvalue weighted by Gasteiger charge is 2.27. The monoisotopic (exact) mass is 451 g/mol. The Bertz CT molecular complexity index is 1140. The molecule has 3 aromatic rings. The van der Waals surface area contributed by atoms with Gasteiger partial charge in [-0.1, -0.05) is 0 Å². The number of fused-ring (bicyclic) bond motifs is 1. The number of benzene rings is 1. The molecular weight excluding hydrogens is 422 g/mol. The molecule has 1 fully saturated rings. The number of anilines is 2. The van der Waals surface area contributed by atoms with E-state index in [0.717, 1.165) is 23.1 Å². The minimum atomic E-state index is -0.282. The van der Waals surface area contributed by atoms with Crippen molar-refractivity contribution in [3.63, 3.8) is 0 Å². The molecule has 2 N–H and O–H groups in total. The van der Waals surface area contributed by atoms with Gasteiger partial charge in [0.15, 0.2) is 0 Å². The molecule has 3 heterocycles. The van der Waals surface area contributed by atoms with Crippen molar-refractivity contribution in [2.75, 3.05) is 37.4 Å². The fourth-order valence-corrected chi connectivity index (χ4v) is 4.12. The molecule has 9 nitrogen and oxygen atoms in total. The molecule has 33 heavy (non-hydrogen) atoms. The fraction of sp³-hybridized carbons (Fsp3) is 0.375. The molecule has 1 atom stereocenters. The number of nitrogens with one attached hydrogen (secondary N) is 2. The molecule has 174 valence electrons. The molecule has 2 aromatic heterocycles. The summed E-state index contributed by atoms with van der Waals surface area (Å²) >= 11 is 0. The smallest absolute Gasteiger partial charge is 0.409 e. The first kappa shape index (κ1) is 22.4. The molecule has 1 saturated heterocycles. The molecule has 0 saturated carbocycles. The van der Waals surface area contributed by atoms with Crippen LogP contribution in [-0.4, -0.2) is 59.3 Å². The van der Waals surface area contributed by atoms with Gasteiger partial charge in [0.2, 0.25) is 0 Å². The Morgan fingerprint density at radius 2 is 2.03 bits per heavy atom. The summed E-state index contributed by atoms with van der Waals surface area (Å²) in [6.07, 6.45) is 2.17. The number of rotatable bonds is 7. The normalized spacial score (nSPS) is 15.5. The van der Waals surface area contributed by atoms with Crippen LogP contribution < -0.4 is 15.4 Å². The van der Waals surface area contributed by atoms with E-state index in [4.69, 9.17) is 9.47 Å². The van der Waals surface area contributed by atoms with Gasteiger partial charge in [-0.15, -0.1) is 0 Å². The van der Waals surface area contributed by atoms with Crippen molar-refractivity contribution in [2.24, 2.45) is 0 Å². The van der Waals surface area contributed by atoms with Crippen LogP contribution in [0.1, 0.15) is 30.8 Å². The Labute approximate surface area is 192 Å². The van der Waals surface area contributed by atoms with Crippen LogP contribution in [0.3, 0.4) is 0 Å². The summed E-state index contributed by atoms with van der Waals surface area (Å²) in [5.41, 5.74) is 2.16. The number of carbonyl (C=O) groups excluding carboxylic acids is 2. The Kier molecular flexibility index (Phi) is 6.67. The van der Waals surface area contributed by atoms with Crippen LogP contribution in [0.15, 0.2) is 42.6 Å². The summed E-state index contributed by atoms with van der Waals surface area (Å²) in [7, 11) is 1.63.